The van der Waals surface area contributed by atoms with Gasteiger partial charge >= 0.3 is 0 Å². The normalized spacial score (nSPS) is 10.8. The minimum atomic E-state index is -0.408. The Bertz CT molecular complexity index is 1270. The van der Waals surface area contributed by atoms with Crippen molar-refractivity contribution in [1.82, 2.24) is 25.0 Å². The molecule has 0 fully saturated rings. The number of hydrogen-bond donors (Lipinski definition) is 1. The number of nitrogens with one attached hydrogen (secondary N) is 1. The van der Waals surface area contributed by atoms with Crippen LogP contribution >= 0.6 is 11.8 Å². The van der Waals surface area contributed by atoms with Gasteiger partial charge in [0.2, 0.25) is 0 Å². The van der Waals surface area contributed by atoms with Crippen LogP contribution in [0.15, 0.2) is 59.8 Å². The summed E-state index contributed by atoms with van der Waals surface area (Å²) in [6, 6.07) is 14.8. The third-order valence-electron chi connectivity index (χ3n) is 4.77. The number of halogens is 1. The lowest BCUT2D eigenvalue weighted by Gasteiger charge is -2.09. The van der Waals surface area contributed by atoms with Crippen LogP contribution in [0.3, 0.4) is 0 Å². The van der Waals surface area contributed by atoms with Gasteiger partial charge in [0, 0.05) is 22.8 Å². The largest absolute Gasteiger partial charge is 0.494 e. The van der Waals surface area contributed by atoms with Crippen LogP contribution in [0, 0.1) is 19.7 Å². The van der Waals surface area contributed by atoms with Crippen LogP contribution in [0.2, 0.25) is 0 Å². The van der Waals surface area contributed by atoms with E-state index in [1.807, 2.05) is 26.8 Å². The molecule has 8 nitrogen and oxygen atoms in total. The number of ether oxygens (including phenoxy) is 1. The van der Waals surface area contributed by atoms with Gasteiger partial charge < -0.3 is 10.1 Å². The van der Waals surface area contributed by atoms with E-state index in [4.69, 9.17) is 4.74 Å². The van der Waals surface area contributed by atoms with Crippen molar-refractivity contribution >= 4 is 23.4 Å². The topological polar surface area (TPSA) is 94.8 Å². The van der Waals surface area contributed by atoms with Crippen molar-refractivity contribution in [3.63, 3.8) is 0 Å². The van der Waals surface area contributed by atoms with Gasteiger partial charge in [-0.1, -0.05) is 17.0 Å². The molecule has 2 heterocycles. The van der Waals surface area contributed by atoms with Gasteiger partial charge in [0.1, 0.15) is 11.6 Å². The monoisotopic (exact) mass is 478 g/mol. The maximum Gasteiger partial charge on any atom is 0.278 e. The minimum absolute atomic E-state index is 0.162. The zero-order valence-electron chi connectivity index (χ0n) is 18.9. The van der Waals surface area contributed by atoms with Crippen LogP contribution in [0.5, 0.6) is 5.75 Å². The molecular weight excluding hydrogens is 455 g/mol. The van der Waals surface area contributed by atoms with Gasteiger partial charge in [0.15, 0.2) is 10.9 Å². The first kappa shape index (κ1) is 23.4. The summed E-state index contributed by atoms with van der Waals surface area (Å²) >= 11 is 1.37. The molecule has 2 aromatic heterocycles. The van der Waals surface area contributed by atoms with E-state index in [0.717, 1.165) is 11.4 Å². The zero-order valence-corrected chi connectivity index (χ0v) is 19.8. The Labute approximate surface area is 200 Å². The van der Waals surface area contributed by atoms with Gasteiger partial charge in [-0.25, -0.2) is 19.0 Å². The van der Waals surface area contributed by atoms with Gasteiger partial charge in [-0.05, 0) is 75.4 Å². The quantitative estimate of drug-likeness (QED) is 0.288. The second kappa shape index (κ2) is 10.4. The van der Waals surface area contributed by atoms with Crippen molar-refractivity contribution in [2.45, 2.75) is 31.7 Å². The molecule has 174 valence electrons. The standard InChI is InChI=1S/C24H23FN6O2S/c1-4-33-20-11-7-18(8-12-20)28-23(32)22-21(14-34-24-26-15(2)13-16(3)27-24)31(30-29-22)19-9-5-17(25)6-10-19/h5-13H,4,14H2,1-3H3,(H,28,32). The van der Waals surface area contributed by atoms with Crippen LogP contribution in [0.25, 0.3) is 5.69 Å². The van der Waals surface area contributed by atoms with Gasteiger partial charge in [0.25, 0.3) is 5.91 Å². The number of carbonyl (C=O) groups is 1. The van der Waals surface area contributed by atoms with Crippen molar-refractivity contribution in [2.24, 2.45) is 0 Å². The summed E-state index contributed by atoms with van der Waals surface area (Å²) in [5.41, 5.74) is 3.60. The van der Waals surface area contributed by atoms with E-state index < -0.39 is 5.91 Å². The fourth-order valence-corrected chi connectivity index (χ4v) is 4.22. The lowest BCUT2D eigenvalue weighted by atomic mass is 10.2. The molecule has 0 aliphatic rings. The van der Waals surface area contributed by atoms with Crippen LogP contribution < -0.4 is 10.1 Å². The minimum Gasteiger partial charge on any atom is -0.494 e. The number of anilines is 1. The van der Waals surface area contributed by atoms with Crippen molar-refractivity contribution in [1.29, 1.82) is 0 Å². The highest BCUT2D eigenvalue weighted by Gasteiger charge is 2.22. The van der Waals surface area contributed by atoms with E-state index in [2.05, 4.69) is 25.6 Å². The number of benzene rings is 2. The predicted octanol–water partition coefficient (Wildman–Crippen LogP) is 4.76. The summed E-state index contributed by atoms with van der Waals surface area (Å²) in [5, 5.41) is 11.7. The lowest BCUT2D eigenvalue weighted by molar-refractivity contribution is 0.102. The highest BCUT2D eigenvalue weighted by molar-refractivity contribution is 7.98. The maximum absolute atomic E-state index is 13.5. The first-order valence-electron chi connectivity index (χ1n) is 10.6. The van der Waals surface area contributed by atoms with E-state index in [1.165, 1.54) is 28.6 Å². The molecule has 0 saturated heterocycles. The Hall–Kier alpha value is -3.79. The molecule has 0 saturated carbocycles. The Morgan fingerprint density at radius 1 is 1.06 bits per heavy atom. The average Bonchev–Trinajstić information content (AvgIpc) is 3.23. The van der Waals surface area contributed by atoms with Gasteiger partial charge in [-0.2, -0.15) is 0 Å². The summed E-state index contributed by atoms with van der Waals surface area (Å²) in [6.45, 7) is 6.27. The molecule has 0 aliphatic carbocycles. The number of carbonyl (C=O) groups excluding carboxylic acids is 1. The average molecular weight is 479 g/mol. The molecule has 0 unspecified atom stereocenters. The van der Waals surface area contributed by atoms with Crippen molar-refractivity contribution in [2.75, 3.05) is 11.9 Å². The SMILES string of the molecule is CCOc1ccc(NC(=O)c2nnn(-c3ccc(F)cc3)c2CSc2nc(C)cc(C)n2)cc1. The lowest BCUT2D eigenvalue weighted by Crippen LogP contribution is -2.15. The van der Waals surface area contributed by atoms with E-state index >= 15 is 0 Å². The van der Waals surface area contributed by atoms with E-state index in [9.17, 15) is 9.18 Å². The first-order chi connectivity index (χ1) is 16.4. The van der Waals surface area contributed by atoms with E-state index in [1.54, 1.807) is 36.4 Å². The van der Waals surface area contributed by atoms with Crippen LogP contribution in [-0.4, -0.2) is 37.5 Å². The Morgan fingerprint density at radius 2 is 1.74 bits per heavy atom. The van der Waals surface area contributed by atoms with E-state index in [-0.39, 0.29) is 11.5 Å². The maximum atomic E-state index is 13.5. The Balaban J connectivity index is 1.62. The smallest absolute Gasteiger partial charge is 0.278 e. The molecule has 1 amide bonds. The highest BCUT2D eigenvalue weighted by atomic mass is 32.2. The Morgan fingerprint density at radius 3 is 2.38 bits per heavy atom. The van der Waals surface area contributed by atoms with Crippen molar-refractivity contribution in [3.8, 4) is 11.4 Å². The fourth-order valence-electron chi connectivity index (χ4n) is 3.28. The number of nitrogens with zero attached hydrogens (tertiary/aromatic N) is 5. The van der Waals surface area contributed by atoms with Gasteiger partial charge in [0.05, 0.1) is 18.0 Å². The highest BCUT2D eigenvalue weighted by Crippen LogP contribution is 2.25. The summed E-state index contributed by atoms with van der Waals surface area (Å²) in [6.07, 6.45) is 0. The molecule has 2 aromatic carbocycles. The predicted molar refractivity (Wildman–Crippen MR) is 128 cm³/mol. The number of aromatic nitrogens is 5. The molecule has 0 aliphatic heterocycles. The summed E-state index contributed by atoms with van der Waals surface area (Å²) in [7, 11) is 0. The number of rotatable bonds is 8. The third kappa shape index (κ3) is 5.57. The third-order valence-corrected chi connectivity index (χ3v) is 5.63. The second-order valence-electron chi connectivity index (χ2n) is 7.41. The number of hydrogen-bond acceptors (Lipinski definition) is 7. The van der Waals surface area contributed by atoms with Crippen LogP contribution in [0.4, 0.5) is 10.1 Å². The molecule has 1 N–H and O–H groups in total. The molecule has 0 spiro atoms. The molecule has 4 aromatic rings. The molecule has 10 heteroatoms. The van der Waals surface area contributed by atoms with Crippen LogP contribution in [-0.2, 0) is 5.75 Å². The molecular formula is C24H23FN6O2S. The number of thioether (sulfide) groups is 1. The van der Waals surface area contributed by atoms with Crippen molar-refractivity contribution in [3.05, 3.63) is 83.2 Å². The first-order valence-corrected chi connectivity index (χ1v) is 11.6. The summed E-state index contributed by atoms with van der Waals surface area (Å²) < 4.78 is 20.4. The summed E-state index contributed by atoms with van der Waals surface area (Å²) in [4.78, 5) is 22.0. The molecule has 0 atom stereocenters. The second-order valence-corrected chi connectivity index (χ2v) is 8.35. The Kier molecular flexibility index (Phi) is 7.17. The molecule has 4 rings (SSSR count). The molecule has 0 radical (unpaired) electrons. The summed E-state index contributed by atoms with van der Waals surface area (Å²) in [5.74, 6) is 0.277. The van der Waals surface area contributed by atoms with Crippen molar-refractivity contribution < 1.29 is 13.9 Å². The number of aryl methyl sites for hydroxylation is 2. The van der Waals surface area contributed by atoms with Crippen LogP contribution in [0.1, 0.15) is 34.5 Å². The van der Waals surface area contributed by atoms with Gasteiger partial charge in [-0.15, -0.1) is 5.10 Å². The number of amides is 1. The fraction of sp³-hybridized carbons (Fsp3) is 0.208. The molecule has 0 bridgehead atoms. The van der Waals surface area contributed by atoms with Gasteiger partial charge in [-0.3, -0.25) is 4.79 Å². The zero-order chi connectivity index (χ0) is 24.1. The van der Waals surface area contributed by atoms with E-state index in [0.29, 0.717) is 40.3 Å². The molecule has 34 heavy (non-hydrogen) atoms.